The van der Waals surface area contributed by atoms with E-state index in [2.05, 4.69) is 4.98 Å². The molecule has 3 heterocycles. The minimum atomic E-state index is -1.14. The number of hydrogen-bond donors (Lipinski definition) is 1. The Bertz CT molecular complexity index is 808. The zero-order chi connectivity index (χ0) is 13.7. The summed E-state index contributed by atoms with van der Waals surface area (Å²) in [7, 11) is 0. The Morgan fingerprint density at radius 3 is 3.15 bits per heavy atom. The summed E-state index contributed by atoms with van der Waals surface area (Å²) in [5, 5.41) is 12.0. The lowest BCUT2D eigenvalue weighted by molar-refractivity contribution is 0.0315. The number of rotatable bonds is 1. The van der Waals surface area contributed by atoms with Crippen LogP contribution in [-0.4, -0.2) is 20.8 Å². The number of thiazole rings is 1. The van der Waals surface area contributed by atoms with Crippen LogP contribution in [0.1, 0.15) is 11.3 Å². The summed E-state index contributed by atoms with van der Waals surface area (Å²) in [6, 6.07) is 4.24. The van der Waals surface area contributed by atoms with Crippen molar-refractivity contribution in [2.24, 2.45) is 0 Å². The number of nitrogens with zero attached hydrogens (tertiary/aromatic N) is 2. The number of aliphatic hydroxyl groups excluding tert-OH is 1. The highest BCUT2D eigenvalue weighted by Crippen LogP contribution is 2.34. The molecule has 3 aromatic rings. The van der Waals surface area contributed by atoms with E-state index in [0.29, 0.717) is 17.0 Å². The molecule has 1 aliphatic heterocycles. The number of imidazole rings is 1. The van der Waals surface area contributed by atoms with Crippen LogP contribution < -0.4 is 4.74 Å². The van der Waals surface area contributed by atoms with E-state index in [-0.39, 0.29) is 0 Å². The van der Waals surface area contributed by atoms with Gasteiger partial charge in [-0.25, -0.2) is 9.37 Å². The average molecular weight is 288 g/mol. The number of halogens is 1. The molecule has 0 bridgehead atoms. The standard InChI is InChI=1S/C14H9FN2O2S/c15-9-2-1-8-5-10(13(18)19-12(8)6-9)11-7-17-3-4-20-14(17)16-11/h1-7,13,18H. The highest BCUT2D eigenvalue weighted by Gasteiger charge is 2.24. The molecule has 1 unspecified atom stereocenters. The van der Waals surface area contributed by atoms with E-state index in [1.807, 2.05) is 22.2 Å². The van der Waals surface area contributed by atoms with Crippen molar-refractivity contribution in [1.29, 1.82) is 0 Å². The summed E-state index contributed by atoms with van der Waals surface area (Å²) in [6.07, 6.45) is 4.36. The van der Waals surface area contributed by atoms with E-state index < -0.39 is 12.1 Å². The minimum Gasteiger partial charge on any atom is -0.460 e. The van der Waals surface area contributed by atoms with Crippen molar-refractivity contribution >= 4 is 27.9 Å². The first-order chi connectivity index (χ1) is 9.70. The first-order valence-electron chi connectivity index (χ1n) is 5.99. The van der Waals surface area contributed by atoms with E-state index in [9.17, 15) is 9.50 Å². The van der Waals surface area contributed by atoms with Crippen molar-refractivity contribution in [2.45, 2.75) is 6.29 Å². The van der Waals surface area contributed by atoms with Crippen LogP contribution >= 0.6 is 11.3 Å². The van der Waals surface area contributed by atoms with E-state index in [1.54, 1.807) is 12.1 Å². The number of fused-ring (bicyclic) bond motifs is 2. The molecule has 0 saturated heterocycles. The van der Waals surface area contributed by atoms with Crippen molar-refractivity contribution in [1.82, 2.24) is 9.38 Å². The topological polar surface area (TPSA) is 46.8 Å². The molecule has 20 heavy (non-hydrogen) atoms. The van der Waals surface area contributed by atoms with E-state index >= 15 is 0 Å². The number of benzene rings is 1. The van der Waals surface area contributed by atoms with Gasteiger partial charge in [-0.15, -0.1) is 11.3 Å². The van der Waals surface area contributed by atoms with Crippen LogP contribution in [0.4, 0.5) is 4.39 Å². The molecule has 0 radical (unpaired) electrons. The van der Waals surface area contributed by atoms with Gasteiger partial charge in [0.05, 0.1) is 5.69 Å². The lowest BCUT2D eigenvalue weighted by Gasteiger charge is -2.22. The number of ether oxygens (including phenoxy) is 1. The molecule has 0 amide bonds. The maximum absolute atomic E-state index is 13.1. The van der Waals surface area contributed by atoms with Gasteiger partial charge in [-0.05, 0) is 18.2 Å². The summed E-state index contributed by atoms with van der Waals surface area (Å²) in [5.74, 6) is -0.0578. The van der Waals surface area contributed by atoms with Gasteiger partial charge in [0.1, 0.15) is 11.6 Å². The quantitative estimate of drug-likeness (QED) is 0.749. The predicted molar refractivity (Wildman–Crippen MR) is 74.0 cm³/mol. The van der Waals surface area contributed by atoms with Crippen LogP contribution in [0.3, 0.4) is 0 Å². The molecule has 0 fully saturated rings. The van der Waals surface area contributed by atoms with Crippen LogP contribution in [0.25, 0.3) is 16.6 Å². The van der Waals surface area contributed by atoms with E-state index in [1.165, 1.54) is 23.5 Å². The lowest BCUT2D eigenvalue weighted by Crippen LogP contribution is -2.21. The zero-order valence-corrected chi connectivity index (χ0v) is 11.0. The highest BCUT2D eigenvalue weighted by molar-refractivity contribution is 7.15. The molecular formula is C14H9FN2O2S. The Hall–Kier alpha value is -2.18. The molecule has 0 aliphatic carbocycles. The fraction of sp³-hybridized carbons (Fsp3) is 0.0714. The Morgan fingerprint density at radius 1 is 1.40 bits per heavy atom. The molecule has 1 N–H and O–H groups in total. The first-order valence-corrected chi connectivity index (χ1v) is 6.87. The fourth-order valence-corrected chi connectivity index (χ4v) is 2.92. The van der Waals surface area contributed by atoms with Gasteiger partial charge in [-0.2, -0.15) is 0 Å². The minimum absolute atomic E-state index is 0.335. The molecule has 1 aliphatic rings. The van der Waals surface area contributed by atoms with Crippen LogP contribution in [0, 0.1) is 5.82 Å². The maximum Gasteiger partial charge on any atom is 0.226 e. The van der Waals surface area contributed by atoms with Gasteiger partial charge in [0.15, 0.2) is 4.96 Å². The number of aromatic nitrogens is 2. The van der Waals surface area contributed by atoms with Crippen molar-refractivity contribution < 1.29 is 14.2 Å². The van der Waals surface area contributed by atoms with Gasteiger partial charge in [0, 0.05) is 35.0 Å². The Labute approximate surface area is 117 Å². The summed E-state index contributed by atoms with van der Waals surface area (Å²) in [4.78, 5) is 5.28. The molecule has 2 aromatic heterocycles. The third kappa shape index (κ3) is 1.73. The zero-order valence-electron chi connectivity index (χ0n) is 10.2. The maximum atomic E-state index is 13.1. The summed E-state index contributed by atoms with van der Waals surface area (Å²) in [6.45, 7) is 0. The molecular weight excluding hydrogens is 279 g/mol. The van der Waals surface area contributed by atoms with Gasteiger partial charge >= 0.3 is 0 Å². The summed E-state index contributed by atoms with van der Waals surface area (Å²) >= 11 is 1.51. The average Bonchev–Trinajstić information content (AvgIpc) is 2.98. The number of hydrogen-bond acceptors (Lipinski definition) is 4. The molecule has 0 spiro atoms. The fourth-order valence-electron chi connectivity index (χ4n) is 2.22. The largest absolute Gasteiger partial charge is 0.460 e. The molecule has 4 nitrogen and oxygen atoms in total. The van der Waals surface area contributed by atoms with E-state index in [0.717, 1.165) is 10.5 Å². The second kappa shape index (κ2) is 4.16. The van der Waals surface area contributed by atoms with Crippen LogP contribution in [0.15, 0.2) is 36.0 Å². The molecule has 100 valence electrons. The second-order valence-electron chi connectivity index (χ2n) is 4.47. The van der Waals surface area contributed by atoms with Crippen molar-refractivity contribution in [3.8, 4) is 5.75 Å². The van der Waals surface area contributed by atoms with Crippen molar-refractivity contribution in [2.75, 3.05) is 0 Å². The Kier molecular flexibility index (Phi) is 2.42. The van der Waals surface area contributed by atoms with Crippen molar-refractivity contribution in [3.05, 3.63) is 53.0 Å². The molecule has 4 rings (SSSR count). The third-order valence-electron chi connectivity index (χ3n) is 3.18. The molecule has 6 heteroatoms. The second-order valence-corrected chi connectivity index (χ2v) is 5.34. The Morgan fingerprint density at radius 2 is 2.30 bits per heavy atom. The monoisotopic (exact) mass is 288 g/mol. The van der Waals surface area contributed by atoms with Crippen molar-refractivity contribution in [3.63, 3.8) is 0 Å². The smallest absolute Gasteiger partial charge is 0.226 e. The Balaban J connectivity index is 1.84. The van der Waals surface area contributed by atoms with E-state index in [4.69, 9.17) is 4.74 Å². The SMILES string of the molecule is OC1Oc2cc(F)ccc2C=C1c1cn2ccsc2n1. The van der Waals surface area contributed by atoms with Gasteiger partial charge in [0.25, 0.3) is 0 Å². The van der Waals surface area contributed by atoms with Gasteiger partial charge in [-0.3, -0.25) is 4.40 Å². The van der Waals surface area contributed by atoms with Gasteiger partial charge in [-0.1, -0.05) is 0 Å². The van der Waals surface area contributed by atoms with Crippen LogP contribution in [0.5, 0.6) is 5.75 Å². The van der Waals surface area contributed by atoms with Gasteiger partial charge in [0.2, 0.25) is 6.29 Å². The normalized spacial score (nSPS) is 17.7. The van der Waals surface area contributed by atoms with Crippen LogP contribution in [0.2, 0.25) is 0 Å². The van der Waals surface area contributed by atoms with Gasteiger partial charge < -0.3 is 9.84 Å². The van der Waals surface area contributed by atoms with Crippen LogP contribution in [-0.2, 0) is 0 Å². The highest BCUT2D eigenvalue weighted by atomic mass is 32.1. The summed E-state index contributed by atoms with van der Waals surface area (Å²) < 4.78 is 20.4. The summed E-state index contributed by atoms with van der Waals surface area (Å²) in [5.41, 5.74) is 1.95. The molecule has 1 aromatic carbocycles. The molecule has 0 saturated carbocycles. The molecule has 1 atom stereocenters. The number of aliphatic hydroxyl groups is 1. The lowest BCUT2D eigenvalue weighted by atomic mass is 10.0. The first kappa shape index (κ1) is 11.6. The predicted octanol–water partition coefficient (Wildman–Crippen LogP) is 2.79. The third-order valence-corrected chi connectivity index (χ3v) is 3.95.